The molecule has 0 saturated carbocycles. The highest BCUT2D eigenvalue weighted by atomic mass is 79.9. The van der Waals surface area contributed by atoms with Crippen LogP contribution in [0.5, 0.6) is 0 Å². The molecule has 0 fully saturated rings. The van der Waals surface area contributed by atoms with E-state index in [2.05, 4.69) is 36.5 Å². The van der Waals surface area contributed by atoms with E-state index < -0.39 is 0 Å². The highest BCUT2D eigenvalue weighted by Gasteiger charge is 2.09. The number of aromatic nitrogens is 2. The molecule has 1 amide bonds. The molecule has 1 aromatic carbocycles. The van der Waals surface area contributed by atoms with Crippen molar-refractivity contribution in [2.75, 3.05) is 17.2 Å². The zero-order valence-corrected chi connectivity index (χ0v) is 12.9. The Hall–Kier alpha value is -1.95. The van der Waals surface area contributed by atoms with Crippen LogP contribution in [0.3, 0.4) is 0 Å². The average molecular weight is 335 g/mol. The summed E-state index contributed by atoms with van der Waals surface area (Å²) >= 11 is 3.39. The summed E-state index contributed by atoms with van der Waals surface area (Å²) in [5, 5.41) is 5.85. The number of nitrogens with zero attached hydrogens (tertiary/aromatic N) is 2. The van der Waals surface area contributed by atoms with Crippen LogP contribution in [0.4, 0.5) is 11.5 Å². The molecule has 2 aromatic rings. The normalized spacial score (nSPS) is 10.2. The van der Waals surface area contributed by atoms with Gasteiger partial charge in [-0.1, -0.05) is 15.9 Å². The van der Waals surface area contributed by atoms with Crippen molar-refractivity contribution >= 4 is 33.3 Å². The zero-order chi connectivity index (χ0) is 14.5. The lowest BCUT2D eigenvalue weighted by Gasteiger charge is -2.08. The zero-order valence-electron chi connectivity index (χ0n) is 11.3. The average Bonchev–Trinajstić information content (AvgIpc) is 2.43. The third kappa shape index (κ3) is 3.54. The summed E-state index contributed by atoms with van der Waals surface area (Å²) in [5.74, 6) is 0.384. The van der Waals surface area contributed by atoms with Crippen LogP contribution >= 0.6 is 15.9 Å². The second kappa shape index (κ2) is 6.47. The van der Waals surface area contributed by atoms with Crippen LogP contribution in [-0.2, 0) is 0 Å². The quantitative estimate of drug-likeness (QED) is 0.900. The van der Waals surface area contributed by atoms with Gasteiger partial charge in [-0.15, -0.1) is 0 Å². The van der Waals surface area contributed by atoms with Gasteiger partial charge in [0.2, 0.25) is 0 Å². The van der Waals surface area contributed by atoms with Crippen molar-refractivity contribution in [3.8, 4) is 0 Å². The minimum absolute atomic E-state index is 0.272. The van der Waals surface area contributed by atoms with E-state index in [1.54, 1.807) is 6.20 Å². The molecule has 1 heterocycles. The van der Waals surface area contributed by atoms with Gasteiger partial charge in [0.15, 0.2) is 0 Å². The largest absolute Gasteiger partial charge is 0.369 e. The van der Waals surface area contributed by atoms with E-state index in [9.17, 15) is 4.79 Å². The highest BCUT2D eigenvalue weighted by Crippen LogP contribution is 2.20. The molecule has 0 radical (unpaired) electrons. The van der Waals surface area contributed by atoms with Crippen LogP contribution in [0.1, 0.15) is 23.0 Å². The number of carbonyl (C=O) groups excluding carboxylic acids is 1. The summed E-state index contributed by atoms with van der Waals surface area (Å²) in [5.41, 5.74) is 2.02. The van der Waals surface area contributed by atoms with Gasteiger partial charge in [0, 0.05) is 16.7 Å². The Morgan fingerprint density at radius 2 is 2.10 bits per heavy atom. The Morgan fingerprint density at radius 1 is 1.30 bits per heavy atom. The first kappa shape index (κ1) is 14.5. The first-order chi connectivity index (χ1) is 9.60. The minimum Gasteiger partial charge on any atom is -0.369 e. The van der Waals surface area contributed by atoms with Gasteiger partial charge in [0.25, 0.3) is 5.91 Å². The molecule has 104 valence electrons. The molecule has 6 heteroatoms. The molecule has 0 aliphatic carbocycles. The Bertz CT molecular complexity index is 613. The van der Waals surface area contributed by atoms with Crippen molar-refractivity contribution < 1.29 is 4.79 Å². The molecule has 0 atom stereocenters. The third-order valence-electron chi connectivity index (χ3n) is 2.68. The van der Waals surface area contributed by atoms with E-state index in [0.29, 0.717) is 5.82 Å². The number of hydrogen-bond acceptors (Lipinski definition) is 4. The predicted molar refractivity (Wildman–Crippen MR) is 83.0 cm³/mol. The molecule has 0 spiro atoms. The van der Waals surface area contributed by atoms with Crippen LogP contribution < -0.4 is 10.6 Å². The fourth-order valence-electron chi connectivity index (χ4n) is 1.67. The number of rotatable bonds is 4. The van der Waals surface area contributed by atoms with Crippen molar-refractivity contribution in [2.24, 2.45) is 0 Å². The number of nitrogens with one attached hydrogen (secondary N) is 2. The van der Waals surface area contributed by atoms with Gasteiger partial charge < -0.3 is 10.6 Å². The van der Waals surface area contributed by atoms with Crippen molar-refractivity contribution in [3.05, 3.63) is 46.3 Å². The fraction of sp³-hybridized carbons (Fsp3) is 0.214. The molecule has 0 bridgehead atoms. The summed E-state index contributed by atoms with van der Waals surface area (Å²) in [7, 11) is 0. The summed E-state index contributed by atoms with van der Waals surface area (Å²) in [4.78, 5) is 20.3. The van der Waals surface area contributed by atoms with Crippen LogP contribution in [0.25, 0.3) is 0 Å². The maximum absolute atomic E-state index is 12.1. The Morgan fingerprint density at radius 3 is 2.70 bits per heavy atom. The summed E-state index contributed by atoms with van der Waals surface area (Å²) in [6.45, 7) is 4.66. The van der Waals surface area contributed by atoms with E-state index >= 15 is 0 Å². The van der Waals surface area contributed by atoms with Gasteiger partial charge in [-0.05, 0) is 37.6 Å². The van der Waals surface area contributed by atoms with E-state index in [4.69, 9.17) is 0 Å². The minimum atomic E-state index is -0.272. The lowest BCUT2D eigenvalue weighted by Crippen LogP contribution is -2.15. The maximum Gasteiger partial charge on any atom is 0.275 e. The number of anilines is 2. The van der Waals surface area contributed by atoms with Crippen LogP contribution in [0.2, 0.25) is 0 Å². The molecule has 20 heavy (non-hydrogen) atoms. The lowest BCUT2D eigenvalue weighted by molar-refractivity contribution is 0.102. The Labute approximate surface area is 126 Å². The van der Waals surface area contributed by atoms with Crippen molar-refractivity contribution in [1.29, 1.82) is 0 Å². The number of carbonyl (C=O) groups is 1. The molecule has 5 nitrogen and oxygen atoms in total. The summed E-state index contributed by atoms with van der Waals surface area (Å²) in [6.07, 6.45) is 3.01. The predicted octanol–water partition coefficient (Wildman–Crippen LogP) is 3.23. The van der Waals surface area contributed by atoms with Crippen LogP contribution in [0, 0.1) is 6.92 Å². The van der Waals surface area contributed by atoms with Crippen LogP contribution in [-0.4, -0.2) is 22.4 Å². The fourth-order valence-corrected chi connectivity index (χ4v) is 2.15. The summed E-state index contributed by atoms with van der Waals surface area (Å²) < 4.78 is 0.975. The lowest BCUT2D eigenvalue weighted by atomic mass is 10.2. The smallest absolute Gasteiger partial charge is 0.275 e. The standard InChI is InChI=1S/C14H15BrN4O/c1-3-16-13-8-17-12(7-18-13)14(20)19-11-5-4-10(15)6-9(11)2/h4-8H,3H2,1-2H3,(H,16,18)(H,19,20). The second-order valence-corrected chi connectivity index (χ2v) is 5.15. The molecular weight excluding hydrogens is 320 g/mol. The first-order valence-electron chi connectivity index (χ1n) is 6.23. The van der Waals surface area contributed by atoms with Gasteiger partial charge in [-0.2, -0.15) is 0 Å². The van der Waals surface area contributed by atoms with E-state index in [1.165, 1.54) is 6.20 Å². The van der Waals surface area contributed by atoms with Crippen molar-refractivity contribution in [2.45, 2.75) is 13.8 Å². The molecular formula is C14H15BrN4O. The Balaban J connectivity index is 2.11. The molecule has 1 aromatic heterocycles. The molecule has 0 aliphatic heterocycles. The number of amides is 1. The first-order valence-corrected chi connectivity index (χ1v) is 7.03. The summed E-state index contributed by atoms with van der Waals surface area (Å²) in [6, 6.07) is 5.66. The number of aryl methyl sites for hydroxylation is 1. The van der Waals surface area contributed by atoms with E-state index in [0.717, 1.165) is 22.3 Å². The molecule has 0 aliphatic rings. The number of halogens is 1. The maximum atomic E-state index is 12.1. The highest BCUT2D eigenvalue weighted by molar-refractivity contribution is 9.10. The van der Waals surface area contributed by atoms with Gasteiger partial charge in [-0.3, -0.25) is 4.79 Å². The molecule has 0 unspecified atom stereocenters. The van der Waals surface area contributed by atoms with Gasteiger partial charge in [-0.25, -0.2) is 9.97 Å². The SMILES string of the molecule is CCNc1cnc(C(=O)Nc2ccc(Br)cc2C)cn1. The molecule has 0 saturated heterocycles. The van der Waals surface area contributed by atoms with E-state index in [-0.39, 0.29) is 11.6 Å². The molecule has 2 N–H and O–H groups in total. The van der Waals surface area contributed by atoms with Crippen LogP contribution in [0.15, 0.2) is 35.1 Å². The number of hydrogen-bond donors (Lipinski definition) is 2. The van der Waals surface area contributed by atoms with Crippen molar-refractivity contribution in [1.82, 2.24) is 9.97 Å². The van der Waals surface area contributed by atoms with Crippen molar-refractivity contribution in [3.63, 3.8) is 0 Å². The monoisotopic (exact) mass is 334 g/mol. The van der Waals surface area contributed by atoms with Gasteiger partial charge >= 0.3 is 0 Å². The molecule has 2 rings (SSSR count). The van der Waals surface area contributed by atoms with E-state index in [1.807, 2.05) is 32.0 Å². The second-order valence-electron chi connectivity index (χ2n) is 4.23. The topological polar surface area (TPSA) is 66.9 Å². The third-order valence-corrected chi connectivity index (χ3v) is 3.17. The van der Waals surface area contributed by atoms with Gasteiger partial charge in [0.1, 0.15) is 11.5 Å². The Kier molecular flexibility index (Phi) is 4.68. The number of benzene rings is 1. The van der Waals surface area contributed by atoms with Gasteiger partial charge in [0.05, 0.1) is 12.4 Å².